The van der Waals surface area contributed by atoms with Gasteiger partial charge in [0.05, 0.1) is 18.8 Å². The maximum atomic E-state index is 12.9. The van der Waals surface area contributed by atoms with Gasteiger partial charge in [-0.2, -0.15) is 0 Å². The molecule has 1 unspecified atom stereocenters. The number of urea groups is 1. The predicted octanol–water partition coefficient (Wildman–Crippen LogP) is 4.05. The number of amides is 2. The summed E-state index contributed by atoms with van der Waals surface area (Å²) in [6.45, 7) is 7.96. The Morgan fingerprint density at radius 1 is 1.21 bits per heavy atom. The number of rotatable bonds is 3. The third-order valence-corrected chi connectivity index (χ3v) is 4.68. The van der Waals surface area contributed by atoms with Gasteiger partial charge in [-0.15, -0.1) is 0 Å². The standard InChI is InChI=1S/C19H25N3O2/c1-13(2)18-16-10-9-14(3)21(16)11-12-22(18)19(23)20-15-7-5-6-8-17(15)24-4/h5-10,13,18H,11-12H2,1-4H3,(H,20,23). The lowest BCUT2D eigenvalue weighted by atomic mass is 9.97. The van der Waals surface area contributed by atoms with Gasteiger partial charge in [0.1, 0.15) is 5.75 Å². The Morgan fingerprint density at radius 3 is 2.67 bits per heavy atom. The Kier molecular flexibility index (Phi) is 4.51. The van der Waals surface area contributed by atoms with Crippen molar-refractivity contribution >= 4 is 11.7 Å². The maximum Gasteiger partial charge on any atom is 0.322 e. The van der Waals surface area contributed by atoms with Gasteiger partial charge in [-0.05, 0) is 37.1 Å². The summed E-state index contributed by atoms with van der Waals surface area (Å²) in [5.41, 5.74) is 3.16. The van der Waals surface area contributed by atoms with Gasteiger partial charge < -0.3 is 19.5 Å². The number of hydrogen-bond acceptors (Lipinski definition) is 2. The summed E-state index contributed by atoms with van der Waals surface area (Å²) in [6, 6.07) is 11.8. The average molecular weight is 327 g/mol. The van der Waals surface area contributed by atoms with Crippen molar-refractivity contribution in [1.29, 1.82) is 0 Å². The summed E-state index contributed by atoms with van der Waals surface area (Å²) in [5.74, 6) is 1.00. The van der Waals surface area contributed by atoms with Gasteiger partial charge in [-0.1, -0.05) is 26.0 Å². The van der Waals surface area contributed by atoms with E-state index in [2.05, 4.69) is 42.8 Å². The number of anilines is 1. The van der Waals surface area contributed by atoms with E-state index in [9.17, 15) is 4.79 Å². The van der Waals surface area contributed by atoms with Crippen molar-refractivity contribution in [2.75, 3.05) is 19.0 Å². The molecule has 5 heteroatoms. The number of benzene rings is 1. The van der Waals surface area contributed by atoms with E-state index in [-0.39, 0.29) is 12.1 Å². The minimum atomic E-state index is -0.0803. The molecule has 128 valence electrons. The molecule has 0 bridgehead atoms. The van der Waals surface area contributed by atoms with Crippen LogP contribution in [0.15, 0.2) is 36.4 Å². The van der Waals surface area contributed by atoms with Gasteiger partial charge in [0.2, 0.25) is 0 Å². The lowest BCUT2D eigenvalue weighted by Gasteiger charge is -2.39. The third-order valence-electron chi connectivity index (χ3n) is 4.68. The zero-order chi connectivity index (χ0) is 17.3. The quantitative estimate of drug-likeness (QED) is 0.924. The van der Waals surface area contributed by atoms with Crippen LogP contribution in [0.4, 0.5) is 10.5 Å². The first kappa shape index (κ1) is 16.4. The van der Waals surface area contributed by atoms with E-state index in [0.717, 1.165) is 6.54 Å². The minimum Gasteiger partial charge on any atom is -0.495 e. The molecule has 2 aromatic rings. The topological polar surface area (TPSA) is 46.5 Å². The van der Waals surface area contributed by atoms with Gasteiger partial charge in [-0.25, -0.2) is 4.79 Å². The second-order valence-electron chi connectivity index (χ2n) is 6.56. The molecule has 0 saturated carbocycles. The zero-order valence-electron chi connectivity index (χ0n) is 14.7. The molecule has 0 saturated heterocycles. The van der Waals surface area contributed by atoms with Gasteiger partial charge in [0.15, 0.2) is 0 Å². The lowest BCUT2D eigenvalue weighted by Crippen LogP contribution is -2.46. The molecule has 1 aliphatic rings. The summed E-state index contributed by atoms with van der Waals surface area (Å²) in [6.07, 6.45) is 0. The van der Waals surface area contributed by atoms with Crippen molar-refractivity contribution in [3.05, 3.63) is 47.8 Å². The van der Waals surface area contributed by atoms with Crippen LogP contribution in [-0.4, -0.2) is 29.2 Å². The smallest absolute Gasteiger partial charge is 0.322 e. The van der Waals surface area contributed by atoms with Crippen LogP contribution >= 0.6 is 0 Å². The number of carbonyl (C=O) groups is 1. The molecule has 3 rings (SSSR count). The van der Waals surface area contributed by atoms with Crippen LogP contribution < -0.4 is 10.1 Å². The number of aryl methyl sites for hydroxylation is 1. The van der Waals surface area contributed by atoms with E-state index in [4.69, 9.17) is 4.74 Å². The number of hydrogen-bond donors (Lipinski definition) is 1. The molecular weight excluding hydrogens is 302 g/mol. The highest BCUT2D eigenvalue weighted by molar-refractivity contribution is 5.91. The Balaban J connectivity index is 1.86. The SMILES string of the molecule is COc1ccccc1NC(=O)N1CCn2c(C)ccc2C1C(C)C. The highest BCUT2D eigenvalue weighted by atomic mass is 16.5. The Bertz CT molecular complexity index is 736. The molecule has 0 radical (unpaired) electrons. The number of nitrogens with one attached hydrogen (secondary N) is 1. The Morgan fingerprint density at radius 2 is 1.96 bits per heavy atom. The molecule has 5 nitrogen and oxygen atoms in total. The Hall–Kier alpha value is -2.43. The van der Waals surface area contributed by atoms with Crippen LogP contribution in [0.3, 0.4) is 0 Å². The largest absolute Gasteiger partial charge is 0.495 e. The van der Waals surface area contributed by atoms with E-state index in [0.29, 0.717) is 23.9 Å². The van der Waals surface area contributed by atoms with Gasteiger partial charge in [0.25, 0.3) is 0 Å². The van der Waals surface area contributed by atoms with Crippen molar-refractivity contribution in [1.82, 2.24) is 9.47 Å². The fraction of sp³-hybridized carbons (Fsp3) is 0.421. The number of carbonyl (C=O) groups excluding carboxylic acids is 1. The van der Waals surface area contributed by atoms with Crippen LogP contribution in [0.5, 0.6) is 5.75 Å². The van der Waals surface area contributed by atoms with Gasteiger partial charge in [-0.3, -0.25) is 0 Å². The molecule has 2 amide bonds. The normalized spacial score (nSPS) is 16.9. The summed E-state index contributed by atoms with van der Waals surface area (Å²) in [5, 5.41) is 3.01. The van der Waals surface area contributed by atoms with Crippen LogP contribution in [0.25, 0.3) is 0 Å². The number of methoxy groups -OCH3 is 1. The van der Waals surface area contributed by atoms with Crippen LogP contribution in [0, 0.1) is 12.8 Å². The fourth-order valence-corrected chi connectivity index (χ4v) is 3.52. The summed E-state index contributed by atoms with van der Waals surface area (Å²) >= 11 is 0. The van der Waals surface area contributed by atoms with Crippen LogP contribution in [0.2, 0.25) is 0 Å². The van der Waals surface area contributed by atoms with Crippen LogP contribution in [-0.2, 0) is 6.54 Å². The highest BCUT2D eigenvalue weighted by Gasteiger charge is 2.33. The monoisotopic (exact) mass is 327 g/mol. The zero-order valence-corrected chi connectivity index (χ0v) is 14.7. The molecular formula is C19H25N3O2. The minimum absolute atomic E-state index is 0.0714. The van der Waals surface area contributed by atoms with Crippen molar-refractivity contribution in [2.24, 2.45) is 5.92 Å². The molecule has 1 atom stereocenters. The molecule has 24 heavy (non-hydrogen) atoms. The molecule has 0 spiro atoms. The summed E-state index contributed by atoms with van der Waals surface area (Å²) in [7, 11) is 1.61. The number of para-hydroxylation sites is 2. The lowest BCUT2D eigenvalue weighted by molar-refractivity contribution is 0.143. The van der Waals surface area contributed by atoms with E-state index < -0.39 is 0 Å². The molecule has 1 aliphatic heterocycles. The fourth-order valence-electron chi connectivity index (χ4n) is 3.52. The Labute approximate surface area is 143 Å². The molecule has 1 aromatic heterocycles. The average Bonchev–Trinajstić information content (AvgIpc) is 2.95. The van der Waals surface area contributed by atoms with E-state index in [1.165, 1.54) is 11.4 Å². The van der Waals surface area contributed by atoms with Crippen molar-refractivity contribution in [3.63, 3.8) is 0 Å². The molecule has 1 N–H and O–H groups in total. The predicted molar refractivity (Wildman–Crippen MR) is 95.5 cm³/mol. The summed E-state index contributed by atoms with van der Waals surface area (Å²) < 4.78 is 7.65. The van der Waals surface area contributed by atoms with E-state index >= 15 is 0 Å². The van der Waals surface area contributed by atoms with E-state index in [1.54, 1.807) is 7.11 Å². The highest BCUT2D eigenvalue weighted by Crippen LogP contribution is 2.34. The molecule has 2 heterocycles. The first-order valence-electron chi connectivity index (χ1n) is 8.39. The van der Waals surface area contributed by atoms with Crippen molar-refractivity contribution in [2.45, 2.75) is 33.4 Å². The number of nitrogens with zero attached hydrogens (tertiary/aromatic N) is 2. The first-order valence-corrected chi connectivity index (χ1v) is 8.39. The van der Waals surface area contributed by atoms with Gasteiger partial charge >= 0.3 is 6.03 Å². The molecule has 0 aliphatic carbocycles. The number of aromatic nitrogens is 1. The second-order valence-corrected chi connectivity index (χ2v) is 6.56. The number of ether oxygens (including phenoxy) is 1. The molecule has 0 fully saturated rings. The second kappa shape index (κ2) is 6.59. The van der Waals surface area contributed by atoms with E-state index in [1.807, 2.05) is 29.2 Å². The van der Waals surface area contributed by atoms with Crippen LogP contribution in [0.1, 0.15) is 31.3 Å². The maximum absolute atomic E-state index is 12.9. The molecule has 1 aromatic carbocycles. The first-order chi connectivity index (χ1) is 11.5. The number of fused-ring (bicyclic) bond motifs is 1. The summed E-state index contributed by atoms with van der Waals surface area (Å²) in [4.78, 5) is 14.9. The van der Waals surface area contributed by atoms with Crippen molar-refractivity contribution < 1.29 is 9.53 Å². The van der Waals surface area contributed by atoms with Gasteiger partial charge in [0, 0.05) is 24.5 Å². The van der Waals surface area contributed by atoms with Crippen molar-refractivity contribution in [3.8, 4) is 5.75 Å². The third kappa shape index (κ3) is 2.86.